The lowest BCUT2D eigenvalue weighted by Crippen LogP contribution is -2.41. The van der Waals surface area contributed by atoms with Crippen LogP contribution in [-0.2, 0) is 17.8 Å². The number of rotatable bonds is 3. The molecular formula is C19H16F2N4O. The summed E-state index contributed by atoms with van der Waals surface area (Å²) in [4.78, 5) is 14.4. The van der Waals surface area contributed by atoms with E-state index < -0.39 is 17.7 Å². The predicted molar refractivity (Wildman–Crippen MR) is 91.0 cm³/mol. The van der Waals surface area contributed by atoms with E-state index in [-0.39, 0.29) is 5.91 Å². The molecule has 5 nitrogen and oxygen atoms in total. The van der Waals surface area contributed by atoms with Crippen molar-refractivity contribution in [3.8, 4) is 11.4 Å². The van der Waals surface area contributed by atoms with Crippen LogP contribution in [0, 0.1) is 11.6 Å². The van der Waals surface area contributed by atoms with Gasteiger partial charge in [0.2, 0.25) is 5.91 Å². The molecule has 0 unspecified atom stereocenters. The minimum atomic E-state index is -0.960. The maximum Gasteiger partial charge on any atom is 0.246 e. The van der Waals surface area contributed by atoms with Crippen molar-refractivity contribution in [2.24, 2.45) is 0 Å². The maximum absolute atomic E-state index is 13.7. The van der Waals surface area contributed by atoms with E-state index in [1.54, 1.807) is 16.5 Å². The van der Waals surface area contributed by atoms with Gasteiger partial charge in [-0.05, 0) is 23.8 Å². The molecule has 4 rings (SSSR count). The Hall–Kier alpha value is -3.09. The predicted octanol–water partition coefficient (Wildman–Crippen LogP) is 2.98. The molecule has 2 heterocycles. The second-order valence-electron chi connectivity index (χ2n) is 6.34. The fourth-order valence-corrected chi connectivity index (χ4v) is 3.26. The molecule has 1 aliphatic rings. The Morgan fingerprint density at radius 2 is 1.85 bits per heavy atom. The number of hydrogen-bond donors (Lipinski definition) is 0. The number of carbonyl (C=O) groups excluding carboxylic acids is 1. The average molecular weight is 354 g/mol. The minimum Gasteiger partial charge on any atom is -0.336 e. The van der Waals surface area contributed by atoms with Crippen LogP contribution in [0.15, 0.2) is 48.5 Å². The largest absolute Gasteiger partial charge is 0.336 e. The van der Waals surface area contributed by atoms with Gasteiger partial charge in [-0.3, -0.25) is 9.36 Å². The number of carbonyl (C=O) groups is 1. The van der Waals surface area contributed by atoms with E-state index in [2.05, 4.69) is 10.2 Å². The van der Waals surface area contributed by atoms with Gasteiger partial charge in [-0.15, -0.1) is 10.2 Å². The molecule has 1 atom stereocenters. The third-order valence-corrected chi connectivity index (χ3v) is 4.57. The third kappa shape index (κ3) is 2.75. The molecule has 0 aliphatic carbocycles. The Morgan fingerprint density at radius 1 is 1.08 bits per heavy atom. The second kappa shape index (κ2) is 6.33. The van der Waals surface area contributed by atoms with Crippen LogP contribution < -0.4 is 0 Å². The lowest BCUT2D eigenvalue weighted by atomic mass is 10.0. The van der Waals surface area contributed by atoms with Crippen molar-refractivity contribution in [1.29, 1.82) is 0 Å². The van der Waals surface area contributed by atoms with Crippen molar-refractivity contribution in [2.75, 3.05) is 7.05 Å². The van der Waals surface area contributed by atoms with Gasteiger partial charge < -0.3 is 4.90 Å². The molecule has 0 fully saturated rings. The average Bonchev–Trinajstić information content (AvgIpc) is 3.05. The van der Waals surface area contributed by atoms with Gasteiger partial charge in [-0.25, -0.2) is 8.78 Å². The number of hydrogen-bond acceptors (Lipinski definition) is 3. The summed E-state index contributed by atoms with van der Waals surface area (Å²) in [5, 5.41) is 8.31. The smallest absolute Gasteiger partial charge is 0.246 e. The number of amides is 1. The van der Waals surface area contributed by atoms with Crippen molar-refractivity contribution < 1.29 is 13.6 Å². The van der Waals surface area contributed by atoms with Crippen molar-refractivity contribution in [3.63, 3.8) is 0 Å². The van der Waals surface area contributed by atoms with E-state index in [0.29, 0.717) is 30.2 Å². The summed E-state index contributed by atoms with van der Waals surface area (Å²) < 4.78 is 28.7. The summed E-state index contributed by atoms with van der Waals surface area (Å²) in [7, 11) is 1.72. The molecule has 7 heteroatoms. The molecule has 0 radical (unpaired) electrons. The Bertz CT molecular complexity index is 971. The summed E-state index contributed by atoms with van der Waals surface area (Å²) in [6.07, 6.45) is 0.464. The molecule has 132 valence electrons. The Labute approximate surface area is 148 Å². The standard InChI is InChI=1S/C19H16F2N4O/c1-24-11-17-22-23-18(13-7-8-14(20)15(21)10-13)25(17)16(19(24)26)9-12-5-3-2-4-6-12/h2-8,10,16H,9,11H2,1H3/t16-/m1/s1. The number of likely N-dealkylation sites (N-methyl/N-ethyl adjacent to an activating group) is 1. The van der Waals surface area contributed by atoms with Crippen LogP contribution in [0.3, 0.4) is 0 Å². The van der Waals surface area contributed by atoms with Crippen molar-refractivity contribution in [1.82, 2.24) is 19.7 Å². The molecule has 1 aromatic heterocycles. The van der Waals surface area contributed by atoms with Crippen LogP contribution in [0.1, 0.15) is 17.4 Å². The van der Waals surface area contributed by atoms with Gasteiger partial charge in [-0.1, -0.05) is 30.3 Å². The molecule has 0 saturated heterocycles. The Kier molecular flexibility index (Phi) is 3.99. The van der Waals surface area contributed by atoms with Crippen molar-refractivity contribution >= 4 is 5.91 Å². The molecule has 0 saturated carbocycles. The van der Waals surface area contributed by atoms with Gasteiger partial charge in [0, 0.05) is 19.0 Å². The summed E-state index contributed by atoms with van der Waals surface area (Å²) in [6, 6.07) is 12.7. The third-order valence-electron chi connectivity index (χ3n) is 4.57. The van der Waals surface area contributed by atoms with Crippen LogP contribution in [-0.4, -0.2) is 32.6 Å². The Balaban J connectivity index is 1.81. The van der Waals surface area contributed by atoms with Crippen LogP contribution in [0.2, 0.25) is 0 Å². The number of fused-ring (bicyclic) bond motifs is 1. The molecule has 3 aromatic rings. The molecule has 26 heavy (non-hydrogen) atoms. The zero-order chi connectivity index (χ0) is 18.3. The van der Waals surface area contributed by atoms with Crippen LogP contribution >= 0.6 is 0 Å². The van der Waals surface area contributed by atoms with Gasteiger partial charge in [0.15, 0.2) is 23.3 Å². The highest BCUT2D eigenvalue weighted by Crippen LogP contribution is 2.30. The molecular weight excluding hydrogens is 338 g/mol. The fourth-order valence-electron chi connectivity index (χ4n) is 3.26. The lowest BCUT2D eigenvalue weighted by Gasteiger charge is -2.31. The van der Waals surface area contributed by atoms with Gasteiger partial charge in [0.1, 0.15) is 6.04 Å². The topological polar surface area (TPSA) is 51.0 Å². The van der Waals surface area contributed by atoms with E-state index in [4.69, 9.17) is 0 Å². The zero-order valence-corrected chi connectivity index (χ0v) is 14.1. The molecule has 1 amide bonds. The number of halogens is 2. The second-order valence-corrected chi connectivity index (χ2v) is 6.34. The van der Waals surface area contributed by atoms with E-state index in [0.717, 1.165) is 17.7 Å². The zero-order valence-electron chi connectivity index (χ0n) is 14.1. The van der Waals surface area contributed by atoms with E-state index in [1.807, 2.05) is 30.3 Å². The minimum absolute atomic E-state index is 0.0648. The van der Waals surface area contributed by atoms with Crippen molar-refractivity contribution in [3.05, 3.63) is 71.6 Å². The number of nitrogens with zero attached hydrogens (tertiary/aromatic N) is 4. The molecule has 0 bridgehead atoms. The van der Waals surface area contributed by atoms with Gasteiger partial charge in [-0.2, -0.15) is 0 Å². The first-order valence-corrected chi connectivity index (χ1v) is 8.22. The lowest BCUT2D eigenvalue weighted by molar-refractivity contribution is -0.135. The number of benzene rings is 2. The Morgan fingerprint density at radius 3 is 2.58 bits per heavy atom. The van der Waals surface area contributed by atoms with E-state index in [1.165, 1.54) is 6.07 Å². The first-order valence-electron chi connectivity index (χ1n) is 8.22. The van der Waals surface area contributed by atoms with E-state index in [9.17, 15) is 13.6 Å². The molecule has 0 N–H and O–H groups in total. The van der Waals surface area contributed by atoms with E-state index >= 15 is 0 Å². The monoisotopic (exact) mass is 354 g/mol. The highest BCUT2D eigenvalue weighted by Gasteiger charge is 2.34. The summed E-state index contributed by atoms with van der Waals surface area (Å²) in [5.41, 5.74) is 1.38. The maximum atomic E-state index is 13.7. The van der Waals surface area contributed by atoms with Crippen molar-refractivity contribution in [2.45, 2.75) is 19.0 Å². The quantitative estimate of drug-likeness (QED) is 0.727. The SMILES string of the molecule is CN1Cc2nnc(-c3ccc(F)c(F)c3)n2[C@H](Cc2ccccc2)C1=O. The van der Waals surface area contributed by atoms with Gasteiger partial charge >= 0.3 is 0 Å². The molecule has 2 aromatic carbocycles. The number of aromatic nitrogens is 3. The normalized spacial score (nSPS) is 16.7. The van der Waals surface area contributed by atoms with Gasteiger partial charge in [0.05, 0.1) is 6.54 Å². The highest BCUT2D eigenvalue weighted by molar-refractivity contribution is 5.82. The molecule has 0 spiro atoms. The van der Waals surface area contributed by atoms with Crippen LogP contribution in [0.5, 0.6) is 0 Å². The summed E-state index contributed by atoms with van der Waals surface area (Å²) in [6.45, 7) is 0.320. The first kappa shape index (κ1) is 16.4. The molecule has 1 aliphatic heterocycles. The first-order chi connectivity index (χ1) is 12.5. The van der Waals surface area contributed by atoms with Crippen LogP contribution in [0.25, 0.3) is 11.4 Å². The van der Waals surface area contributed by atoms with Gasteiger partial charge in [0.25, 0.3) is 0 Å². The fraction of sp³-hybridized carbons (Fsp3) is 0.211. The van der Waals surface area contributed by atoms with Crippen LogP contribution in [0.4, 0.5) is 8.78 Å². The summed E-state index contributed by atoms with van der Waals surface area (Å²) in [5.74, 6) is -0.971. The highest BCUT2D eigenvalue weighted by atomic mass is 19.2. The summed E-state index contributed by atoms with van der Waals surface area (Å²) >= 11 is 0.